The highest BCUT2D eigenvalue weighted by atomic mass is 32.2. The van der Waals surface area contributed by atoms with E-state index >= 15 is 0 Å². The second-order valence-electron chi connectivity index (χ2n) is 5.46. The van der Waals surface area contributed by atoms with E-state index in [9.17, 15) is 21.6 Å². The van der Waals surface area contributed by atoms with Gasteiger partial charge < -0.3 is 9.08 Å². The van der Waals surface area contributed by atoms with Crippen LogP contribution in [-0.4, -0.2) is 13.9 Å². The molecule has 0 atom stereocenters. The number of nitrogens with zero attached hydrogens (tertiary/aromatic N) is 1. The van der Waals surface area contributed by atoms with Crippen molar-refractivity contribution >= 4 is 27.2 Å². The first-order chi connectivity index (χ1) is 12.8. The monoisotopic (exact) mass is 393 g/mol. The lowest BCUT2D eigenvalue weighted by molar-refractivity contribution is -0.0499. The Kier molecular flexibility index (Phi) is 5.09. The largest absolute Gasteiger partial charge is 0.534 e. The standard InChI is InChI=1S/C19H14F3NO3S/c20-19(21,22)27(24,25)26-18-14-8-7-13-17(18)23(15-9-3-1-4-10-15)16-11-5-2-6-12-16/h1-14H. The Balaban J connectivity index is 2.15. The van der Waals surface area contributed by atoms with Gasteiger partial charge in [-0.15, -0.1) is 0 Å². The number of hydrogen-bond donors (Lipinski definition) is 0. The third-order valence-corrected chi connectivity index (χ3v) is 4.58. The van der Waals surface area contributed by atoms with Crippen LogP contribution in [0.1, 0.15) is 0 Å². The van der Waals surface area contributed by atoms with Gasteiger partial charge in [0, 0.05) is 11.4 Å². The summed E-state index contributed by atoms with van der Waals surface area (Å²) in [5.74, 6) is -0.428. The van der Waals surface area contributed by atoms with E-state index in [1.807, 2.05) is 0 Å². The van der Waals surface area contributed by atoms with E-state index in [-0.39, 0.29) is 5.69 Å². The molecule has 3 rings (SSSR count). The van der Waals surface area contributed by atoms with Crippen LogP contribution in [0.15, 0.2) is 84.9 Å². The summed E-state index contributed by atoms with van der Waals surface area (Å²) in [7, 11) is -5.80. The fourth-order valence-electron chi connectivity index (χ4n) is 2.46. The van der Waals surface area contributed by atoms with Gasteiger partial charge in [-0.2, -0.15) is 21.6 Å². The van der Waals surface area contributed by atoms with Gasteiger partial charge in [0.2, 0.25) is 0 Å². The number of para-hydroxylation sites is 4. The van der Waals surface area contributed by atoms with Gasteiger partial charge >= 0.3 is 15.6 Å². The van der Waals surface area contributed by atoms with Crippen molar-refractivity contribution in [3.05, 3.63) is 84.9 Å². The number of benzene rings is 3. The maximum atomic E-state index is 12.8. The molecule has 0 bridgehead atoms. The highest BCUT2D eigenvalue weighted by molar-refractivity contribution is 7.88. The lowest BCUT2D eigenvalue weighted by atomic mass is 10.2. The van der Waals surface area contributed by atoms with Crippen LogP contribution in [-0.2, 0) is 10.1 Å². The van der Waals surface area contributed by atoms with Gasteiger partial charge in [0.15, 0.2) is 5.75 Å². The van der Waals surface area contributed by atoms with Gasteiger partial charge in [0.1, 0.15) is 0 Å². The van der Waals surface area contributed by atoms with Crippen molar-refractivity contribution in [2.75, 3.05) is 4.90 Å². The molecule has 4 nitrogen and oxygen atoms in total. The van der Waals surface area contributed by atoms with Crippen molar-refractivity contribution in [2.24, 2.45) is 0 Å². The zero-order valence-corrected chi connectivity index (χ0v) is 14.6. The summed E-state index contributed by atoms with van der Waals surface area (Å²) < 4.78 is 65.7. The molecule has 0 spiro atoms. The Morgan fingerprint density at radius 1 is 0.704 bits per heavy atom. The molecule has 0 N–H and O–H groups in total. The molecule has 0 radical (unpaired) electrons. The third kappa shape index (κ3) is 4.06. The van der Waals surface area contributed by atoms with Crippen LogP contribution >= 0.6 is 0 Å². The number of alkyl halides is 3. The maximum Gasteiger partial charge on any atom is 0.534 e. The molecule has 0 aromatic heterocycles. The highest BCUT2D eigenvalue weighted by Gasteiger charge is 2.49. The second kappa shape index (κ2) is 7.32. The van der Waals surface area contributed by atoms with Crippen molar-refractivity contribution < 1.29 is 25.8 Å². The van der Waals surface area contributed by atoms with Gasteiger partial charge in [-0.05, 0) is 36.4 Å². The summed E-state index contributed by atoms with van der Waals surface area (Å²) in [6, 6.07) is 23.3. The molecule has 0 unspecified atom stereocenters. The smallest absolute Gasteiger partial charge is 0.374 e. The zero-order valence-electron chi connectivity index (χ0n) is 13.8. The molecule has 0 aliphatic carbocycles. The molecule has 0 amide bonds. The van der Waals surface area contributed by atoms with Gasteiger partial charge in [0.05, 0.1) is 5.69 Å². The summed E-state index contributed by atoms with van der Waals surface area (Å²) in [5.41, 5.74) is -4.11. The molecule has 0 aliphatic heterocycles. The molecule has 8 heteroatoms. The Morgan fingerprint density at radius 2 is 1.15 bits per heavy atom. The van der Waals surface area contributed by atoms with E-state index in [4.69, 9.17) is 0 Å². The minimum Gasteiger partial charge on any atom is -0.374 e. The van der Waals surface area contributed by atoms with Crippen LogP contribution in [0.2, 0.25) is 0 Å². The Bertz CT molecular complexity index is 968. The van der Waals surface area contributed by atoms with E-state index < -0.39 is 21.4 Å². The van der Waals surface area contributed by atoms with Gasteiger partial charge in [-0.1, -0.05) is 48.5 Å². The van der Waals surface area contributed by atoms with E-state index in [0.717, 1.165) is 0 Å². The van der Waals surface area contributed by atoms with Crippen LogP contribution in [0.25, 0.3) is 0 Å². The predicted octanol–water partition coefficient (Wildman–Crippen LogP) is 5.38. The topological polar surface area (TPSA) is 46.6 Å². The van der Waals surface area contributed by atoms with Crippen LogP contribution in [0.5, 0.6) is 5.75 Å². The fraction of sp³-hybridized carbons (Fsp3) is 0.0526. The van der Waals surface area contributed by atoms with Crippen LogP contribution < -0.4 is 9.08 Å². The summed E-state index contributed by atoms with van der Waals surface area (Å²) >= 11 is 0. The summed E-state index contributed by atoms with van der Waals surface area (Å²) in [6.07, 6.45) is 0. The van der Waals surface area contributed by atoms with Gasteiger partial charge in [-0.25, -0.2) is 0 Å². The molecule has 0 aliphatic rings. The minimum atomic E-state index is -5.80. The van der Waals surface area contributed by atoms with Crippen molar-refractivity contribution in [1.29, 1.82) is 0 Å². The number of hydrogen-bond acceptors (Lipinski definition) is 4. The fourth-order valence-corrected chi connectivity index (χ4v) is 2.93. The van der Waals surface area contributed by atoms with Crippen molar-refractivity contribution in [1.82, 2.24) is 0 Å². The van der Waals surface area contributed by atoms with Crippen molar-refractivity contribution in [3.8, 4) is 5.75 Å². The van der Waals surface area contributed by atoms with E-state index in [0.29, 0.717) is 11.4 Å². The molecule has 3 aromatic rings. The maximum absolute atomic E-state index is 12.8. The van der Waals surface area contributed by atoms with Crippen molar-refractivity contribution in [2.45, 2.75) is 5.51 Å². The summed E-state index contributed by atoms with van der Waals surface area (Å²) in [5, 5.41) is 0. The lowest BCUT2D eigenvalue weighted by Gasteiger charge is -2.27. The van der Waals surface area contributed by atoms with E-state index in [1.165, 1.54) is 18.2 Å². The summed E-state index contributed by atoms with van der Waals surface area (Å²) in [6.45, 7) is 0. The third-order valence-electron chi connectivity index (χ3n) is 3.62. The Hall–Kier alpha value is -3.00. The first kappa shape index (κ1) is 18.8. The highest BCUT2D eigenvalue weighted by Crippen LogP contribution is 2.41. The van der Waals surface area contributed by atoms with Crippen LogP contribution in [0, 0.1) is 0 Å². The van der Waals surface area contributed by atoms with Crippen molar-refractivity contribution in [3.63, 3.8) is 0 Å². The molecule has 0 fully saturated rings. The molecule has 0 saturated carbocycles. The zero-order chi connectivity index (χ0) is 19.5. The molecule has 140 valence electrons. The van der Waals surface area contributed by atoms with Crippen LogP contribution in [0.4, 0.5) is 30.2 Å². The molecule has 3 aromatic carbocycles. The van der Waals surface area contributed by atoms with Crippen LogP contribution in [0.3, 0.4) is 0 Å². The molecule has 0 heterocycles. The first-order valence-corrected chi connectivity index (χ1v) is 9.20. The molecular weight excluding hydrogens is 379 g/mol. The minimum absolute atomic E-state index is 0.155. The average molecular weight is 393 g/mol. The summed E-state index contributed by atoms with van der Waals surface area (Å²) in [4.78, 5) is 1.61. The molecule has 0 saturated heterocycles. The van der Waals surface area contributed by atoms with Gasteiger partial charge in [-0.3, -0.25) is 0 Å². The van der Waals surface area contributed by atoms with E-state index in [1.54, 1.807) is 71.6 Å². The van der Waals surface area contributed by atoms with Gasteiger partial charge in [0.25, 0.3) is 0 Å². The van der Waals surface area contributed by atoms with E-state index in [2.05, 4.69) is 4.18 Å². The average Bonchev–Trinajstić information content (AvgIpc) is 2.64. The Labute approximate surface area is 154 Å². The second-order valence-corrected chi connectivity index (χ2v) is 7.00. The predicted molar refractivity (Wildman–Crippen MR) is 96.7 cm³/mol. The SMILES string of the molecule is O=S(=O)(Oc1ccccc1N(c1ccccc1)c1ccccc1)C(F)(F)F. The normalized spacial score (nSPS) is 11.8. The first-order valence-electron chi connectivity index (χ1n) is 7.79. The molecule has 27 heavy (non-hydrogen) atoms. The number of rotatable bonds is 5. The Morgan fingerprint density at radius 3 is 1.63 bits per heavy atom. The number of halogens is 3. The number of anilines is 3. The lowest BCUT2D eigenvalue weighted by Crippen LogP contribution is -2.28. The quantitative estimate of drug-likeness (QED) is 0.431. The molecular formula is C19H14F3NO3S.